The predicted molar refractivity (Wildman–Crippen MR) is 157 cm³/mol. The summed E-state index contributed by atoms with van der Waals surface area (Å²) < 4.78 is 20.7. The summed E-state index contributed by atoms with van der Waals surface area (Å²) in [4.78, 5) is 20.4. The average Bonchev–Trinajstić information content (AvgIpc) is 3.52. The first-order valence-electron chi connectivity index (χ1n) is 13.1. The van der Waals surface area contributed by atoms with Gasteiger partial charge < -0.3 is 20.0 Å². The molecule has 0 atom stereocenters. The molecule has 0 aliphatic heterocycles. The molecule has 3 heterocycles. The first kappa shape index (κ1) is 25.3. The molecule has 0 saturated heterocycles. The summed E-state index contributed by atoms with van der Waals surface area (Å²) in [6.07, 6.45) is 1.70. The third-order valence-corrected chi connectivity index (χ3v) is 6.68. The summed E-state index contributed by atoms with van der Waals surface area (Å²) in [5.41, 5.74) is 6.37. The van der Waals surface area contributed by atoms with Crippen LogP contribution in [0.4, 0.5) is 16.0 Å². The number of hydrogen-bond donors (Lipinski definition) is 3. The number of hydrogen-bond acceptors (Lipinski definition) is 5. The summed E-state index contributed by atoms with van der Waals surface area (Å²) in [5, 5.41) is 3.09. The lowest BCUT2D eigenvalue weighted by Gasteiger charge is -2.20. The Hall–Kier alpha value is -4.98. The molecule has 7 nitrogen and oxygen atoms in total. The van der Waals surface area contributed by atoms with Crippen molar-refractivity contribution in [3.63, 3.8) is 0 Å². The normalized spacial score (nSPS) is 11.6. The van der Waals surface area contributed by atoms with E-state index in [2.05, 4.69) is 46.0 Å². The second kappa shape index (κ2) is 9.96. The highest BCUT2D eigenvalue weighted by Gasteiger charge is 2.17. The molecule has 0 saturated carbocycles. The molecular weight excluding hydrogens is 503 g/mol. The average molecular weight is 533 g/mol. The first-order valence-corrected chi connectivity index (χ1v) is 13.1. The van der Waals surface area contributed by atoms with Crippen LogP contribution in [0.25, 0.3) is 33.8 Å². The molecule has 0 aliphatic carbocycles. The van der Waals surface area contributed by atoms with Crippen molar-refractivity contribution in [2.24, 2.45) is 0 Å². The molecule has 40 heavy (non-hydrogen) atoms. The molecule has 3 aromatic heterocycles. The highest BCUT2D eigenvalue weighted by molar-refractivity contribution is 5.80. The molecule has 0 unspecified atom stereocenters. The van der Waals surface area contributed by atoms with Gasteiger partial charge in [-0.05, 0) is 48.2 Å². The SMILES string of the molecule is Cc1[nH]c(-c2cc(Oc3ccc4nc(Nc5cc(C(C)(C)C)ccc5F)[nH]c4c3)ccn2)nc1-c1ccccc1. The molecular formula is C32H29FN6O. The van der Waals surface area contributed by atoms with E-state index < -0.39 is 0 Å². The number of imidazole rings is 2. The van der Waals surface area contributed by atoms with Crippen LogP contribution in [0.15, 0.2) is 85.1 Å². The monoisotopic (exact) mass is 532 g/mol. The lowest BCUT2D eigenvalue weighted by molar-refractivity contribution is 0.483. The Labute approximate surface area is 231 Å². The van der Waals surface area contributed by atoms with Crippen LogP contribution in [0.2, 0.25) is 0 Å². The van der Waals surface area contributed by atoms with Gasteiger partial charge in [0.15, 0.2) is 5.82 Å². The maximum atomic E-state index is 14.5. The number of fused-ring (bicyclic) bond motifs is 1. The highest BCUT2D eigenvalue weighted by Crippen LogP contribution is 2.31. The van der Waals surface area contributed by atoms with Gasteiger partial charge in [0.1, 0.15) is 23.0 Å². The van der Waals surface area contributed by atoms with Gasteiger partial charge in [0.25, 0.3) is 0 Å². The zero-order valence-corrected chi connectivity index (χ0v) is 22.7. The number of halogens is 1. The van der Waals surface area contributed by atoms with Gasteiger partial charge in [-0.15, -0.1) is 0 Å². The van der Waals surface area contributed by atoms with Crippen LogP contribution < -0.4 is 10.1 Å². The Kier molecular flexibility index (Phi) is 6.30. The Morgan fingerprint density at radius 2 is 1.65 bits per heavy atom. The number of anilines is 2. The smallest absolute Gasteiger partial charge is 0.205 e. The molecule has 8 heteroatoms. The van der Waals surface area contributed by atoms with Crippen LogP contribution >= 0.6 is 0 Å². The molecule has 0 amide bonds. The number of rotatable bonds is 6. The van der Waals surface area contributed by atoms with Crippen molar-refractivity contribution in [3.8, 4) is 34.3 Å². The number of ether oxygens (including phenoxy) is 1. The second-order valence-electron chi connectivity index (χ2n) is 10.7. The fraction of sp³-hybridized carbons (Fsp3) is 0.156. The highest BCUT2D eigenvalue weighted by atomic mass is 19.1. The van der Waals surface area contributed by atoms with E-state index in [4.69, 9.17) is 9.72 Å². The third kappa shape index (κ3) is 5.16. The molecule has 3 aromatic carbocycles. The van der Waals surface area contributed by atoms with Crippen LogP contribution in [0, 0.1) is 12.7 Å². The minimum Gasteiger partial charge on any atom is -0.457 e. The molecule has 0 bridgehead atoms. The Bertz CT molecular complexity index is 1820. The van der Waals surface area contributed by atoms with Gasteiger partial charge in [0.2, 0.25) is 5.95 Å². The van der Waals surface area contributed by atoms with Gasteiger partial charge in [-0.25, -0.2) is 14.4 Å². The van der Waals surface area contributed by atoms with E-state index in [-0.39, 0.29) is 11.2 Å². The minimum atomic E-state index is -0.339. The maximum absolute atomic E-state index is 14.5. The van der Waals surface area contributed by atoms with Crippen LogP contribution in [0.1, 0.15) is 32.0 Å². The van der Waals surface area contributed by atoms with Gasteiger partial charge in [-0.3, -0.25) is 4.98 Å². The summed E-state index contributed by atoms with van der Waals surface area (Å²) >= 11 is 0. The Balaban J connectivity index is 1.22. The fourth-order valence-corrected chi connectivity index (χ4v) is 4.53. The molecule has 3 N–H and O–H groups in total. The van der Waals surface area contributed by atoms with Crippen LogP contribution in [-0.4, -0.2) is 24.9 Å². The van der Waals surface area contributed by atoms with E-state index in [1.165, 1.54) is 6.07 Å². The number of benzene rings is 3. The van der Waals surface area contributed by atoms with Gasteiger partial charge >= 0.3 is 0 Å². The van der Waals surface area contributed by atoms with Crippen molar-refractivity contribution in [2.45, 2.75) is 33.1 Å². The van der Waals surface area contributed by atoms with E-state index in [1.807, 2.05) is 73.7 Å². The molecule has 0 radical (unpaired) electrons. The largest absolute Gasteiger partial charge is 0.457 e. The lowest BCUT2D eigenvalue weighted by Crippen LogP contribution is -2.11. The van der Waals surface area contributed by atoms with E-state index in [0.717, 1.165) is 33.5 Å². The van der Waals surface area contributed by atoms with Crippen LogP contribution in [0.3, 0.4) is 0 Å². The summed E-state index contributed by atoms with van der Waals surface area (Å²) in [6.45, 7) is 8.28. The van der Waals surface area contributed by atoms with E-state index in [9.17, 15) is 4.39 Å². The minimum absolute atomic E-state index is 0.100. The van der Waals surface area contributed by atoms with Gasteiger partial charge in [-0.2, -0.15) is 0 Å². The van der Waals surface area contributed by atoms with Gasteiger partial charge in [0.05, 0.1) is 22.4 Å². The van der Waals surface area contributed by atoms with Crippen molar-refractivity contribution in [1.82, 2.24) is 24.9 Å². The first-order chi connectivity index (χ1) is 19.2. The van der Waals surface area contributed by atoms with E-state index >= 15 is 0 Å². The van der Waals surface area contributed by atoms with Crippen molar-refractivity contribution in [1.29, 1.82) is 0 Å². The molecule has 0 spiro atoms. The topological polar surface area (TPSA) is 91.5 Å². The second-order valence-corrected chi connectivity index (χ2v) is 10.7. The van der Waals surface area contributed by atoms with Crippen molar-refractivity contribution in [3.05, 3.63) is 102 Å². The Morgan fingerprint density at radius 3 is 2.45 bits per heavy atom. The third-order valence-electron chi connectivity index (χ3n) is 6.68. The number of nitrogens with one attached hydrogen (secondary N) is 3. The number of nitrogens with zero attached hydrogens (tertiary/aromatic N) is 3. The number of aromatic amines is 2. The van der Waals surface area contributed by atoms with E-state index in [0.29, 0.717) is 34.7 Å². The zero-order valence-electron chi connectivity index (χ0n) is 22.7. The molecule has 6 rings (SSSR count). The summed E-state index contributed by atoms with van der Waals surface area (Å²) in [5.74, 6) is 2.03. The van der Waals surface area contributed by atoms with E-state index in [1.54, 1.807) is 12.3 Å². The number of aryl methyl sites for hydroxylation is 1. The molecule has 6 aromatic rings. The van der Waals surface area contributed by atoms with Crippen molar-refractivity contribution >= 4 is 22.7 Å². The molecule has 0 fully saturated rings. The lowest BCUT2D eigenvalue weighted by atomic mass is 9.87. The summed E-state index contributed by atoms with van der Waals surface area (Å²) in [6, 6.07) is 24.4. The zero-order chi connectivity index (χ0) is 27.9. The number of pyridine rings is 1. The number of H-pyrrole nitrogens is 2. The van der Waals surface area contributed by atoms with Crippen LogP contribution in [0.5, 0.6) is 11.5 Å². The van der Waals surface area contributed by atoms with Gasteiger partial charge in [-0.1, -0.05) is 57.2 Å². The van der Waals surface area contributed by atoms with Crippen molar-refractivity contribution in [2.75, 3.05) is 5.32 Å². The Morgan fingerprint density at radius 1 is 0.850 bits per heavy atom. The number of aromatic nitrogens is 5. The molecule has 200 valence electrons. The maximum Gasteiger partial charge on any atom is 0.205 e. The quantitative estimate of drug-likeness (QED) is 0.201. The van der Waals surface area contributed by atoms with Crippen LogP contribution in [-0.2, 0) is 5.41 Å². The molecule has 0 aliphatic rings. The standard InChI is InChI=1S/C32H29FN6O/c1-19-29(20-8-6-5-7-9-20)39-30(35-19)28-18-23(14-15-34-28)40-22-11-13-25-27(17-22)38-31(36-25)37-26-16-21(32(2,3)4)10-12-24(26)33/h5-18H,1-4H3,(H,35,39)(H2,36,37,38). The van der Waals surface area contributed by atoms with Crippen molar-refractivity contribution < 1.29 is 9.13 Å². The summed E-state index contributed by atoms with van der Waals surface area (Å²) in [7, 11) is 0. The predicted octanol–water partition coefficient (Wildman–Crippen LogP) is 8.30. The van der Waals surface area contributed by atoms with Gasteiger partial charge in [0, 0.05) is 29.6 Å². The fourth-order valence-electron chi connectivity index (χ4n) is 4.53.